The van der Waals surface area contributed by atoms with Gasteiger partial charge in [-0.1, -0.05) is 36.4 Å². The molecule has 0 aliphatic carbocycles. The highest BCUT2D eigenvalue weighted by molar-refractivity contribution is 5.63. The molecule has 2 heteroatoms. The fourth-order valence-electron chi connectivity index (χ4n) is 1.88. The molecule has 0 aliphatic rings. The predicted molar refractivity (Wildman–Crippen MR) is 75.3 cm³/mol. The van der Waals surface area contributed by atoms with Gasteiger partial charge in [0.2, 0.25) is 0 Å². The molecule has 0 aliphatic heterocycles. The van der Waals surface area contributed by atoms with Gasteiger partial charge in [-0.2, -0.15) is 0 Å². The van der Waals surface area contributed by atoms with Crippen LogP contribution in [0.1, 0.15) is 11.4 Å². The second-order valence-corrected chi connectivity index (χ2v) is 4.00. The van der Waals surface area contributed by atoms with E-state index in [4.69, 9.17) is 0 Å². The highest BCUT2D eigenvalue weighted by atomic mass is 14.9. The molecule has 0 atom stereocenters. The Morgan fingerprint density at radius 3 is 2.56 bits per heavy atom. The van der Waals surface area contributed by atoms with Gasteiger partial charge in [0.05, 0.1) is 5.69 Å². The molecule has 0 saturated carbocycles. The first-order valence-corrected chi connectivity index (χ1v) is 5.97. The van der Waals surface area contributed by atoms with Crippen molar-refractivity contribution in [2.45, 2.75) is 12.8 Å². The molecule has 1 aromatic heterocycles. The number of allylic oxidation sites excluding steroid dienone is 2. The van der Waals surface area contributed by atoms with E-state index in [0.717, 1.165) is 23.5 Å². The van der Waals surface area contributed by atoms with Gasteiger partial charge in [-0.3, -0.25) is 0 Å². The molecular formula is C16H16N2. The van der Waals surface area contributed by atoms with E-state index in [9.17, 15) is 0 Å². The van der Waals surface area contributed by atoms with Crippen molar-refractivity contribution in [2.75, 3.05) is 0 Å². The van der Waals surface area contributed by atoms with E-state index < -0.39 is 0 Å². The fraction of sp³-hybridized carbons (Fsp3) is 0.125. The monoisotopic (exact) mass is 236 g/mol. The number of nitrogens with zero attached hydrogens (tertiary/aromatic N) is 2. The summed E-state index contributed by atoms with van der Waals surface area (Å²) in [6.45, 7) is 7.50. The van der Waals surface area contributed by atoms with Gasteiger partial charge in [0, 0.05) is 18.2 Å². The highest BCUT2D eigenvalue weighted by Crippen LogP contribution is 2.22. The largest absolute Gasteiger partial charge is 0.241 e. The van der Waals surface area contributed by atoms with Crippen molar-refractivity contribution in [3.8, 4) is 11.3 Å². The van der Waals surface area contributed by atoms with Gasteiger partial charge in [0.15, 0.2) is 0 Å². The van der Waals surface area contributed by atoms with Crippen LogP contribution in [0.15, 0.2) is 61.8 Å². The van der Waals surface area contributed by atoms with E-state index in [2.05, 4.69) is 35.3 Å². The van der Waals surface area contributed by atoms with Gasteiger partial charge in [-0.05, 0) is 18.1 Å². The molecule has 18 heavy (non-hydrogen) atoms. The summed E-state index contributed by atoms with van der Waals surface area (Å²) in [6, 6.07) is 10.2. The standard InChI is InChI=1S/C16H16N2/c1-3-7-13-9-5-6-10-14(13)15-11-12-17-16(18-15)8-4-2/h3-6,9-12H,1-2,7-8H2. The van der Waals surface area contributed by atoms with Crippen molar-refractivity contribution >= 4 is 0 Å². The maximum Gasteiger partial charge on any atom is 0.132 e. The maximum atomic E-state index is 4.56. The SMILES string of the molecule is C=CCc1nccc(-c2ccccc2CC=C)n1. The first-order valence-electron chi connectivity index (χ1n) is 5.97. The third-order valence-corrected chi connectivity index (χ3v) is 2.69. The van der Waals surface area contributed by atoms with Crippen LogP contribution in [0, 0.1) is 0 Å². The van der Waals surface area contributed by atoms with Gasteiger partial charge in [-0.25, -0.2) is 9.97 Å². The van der Waals surface area contributed by atoms with Crippen LogP contribution in [-0.2, 0) is 12.8 Å². The van der Waals surface area contributed by atoms with Crippen LogP contribution in [0.5, 0.6) is 0 Å². The molecule has 0 saturated heterocycles. The Kier molecular flexibility index (Phi) is 4.02. The molecule has 0 unspecified atom stereocenters. The van der Waals surface area contributed by atoms with E-state index >= 15 is 0 Å². The topological polar surface area (TPSA) is 25.8 Å². The van der Waals surface area contributed by atoms with E-state index in [1.807, 2.05) is 30.4 Å². The van der Waals surface area contributed by atoms with Gasteiger partial charge >= 0.3 is 0 Å². The Bertz CT molecular complexity index is 559. The maximum absolute atomic E-state index is 4.56. The fourth-order valence-corrected chi connectivity index (χ4v) is 1.88. The van der Waals surface area contributed by atoms with Crippen molar-refractivity contribution in [3.05, 3.63) is 73.2 Å². The highest BCUT2D eigenvalue weighted by Gasteiger charge is 2.05. The molecule has 2 aromatic rings. The number of hydrogen-bond donors (Lipinski definition) is 0. The average Bonchev–Trinajstić information content (AvgIpc) is 2.40. The third kappa shape index (κ3) is 2.72. The molecule has 0 amide bonds. The summed E-state index contributed by atoms with van der Waals surface area (Å²) >= 11 is 0. The number of hydrogen-bond acceptors (Lipinski definition) is 2. The second-order valence-electron chi connectivity index (χ2n) is 4.00. The quantitative estimate of drug-likeness (QED) is 0.741. The summed E-state index contributed by atoms with van der Waals surface area (Å²) in [5.74, 6) is 0.802. The Morgan fingerprint density at radius 2 is 1.78 bits per heavy atom. The van der Waals surface area contributed by atoms with Crippen LogP contribution in [-0.4, -0.2) is 9.97 Å². The molecule has 90 valence electrons. The number of aromatic nitrogens is 2. The van der Waals surface area contributed by atoms with Crippen molar-refractivity contribution in [3.63, 3.8) is 0 Å². The summed E-state index contributed by atoms with van der Waals surface area (Å²) in [4.78, 5) is 8.79. The lowest BCUT2D eigenvalue weighted by Crippen LogP contribution is -1.96. The predicted octanol–water partition coefficient (Wildman–Crippen LogP) is 3.60. The minimum absolute atomic E-state index is 0.692. The van der Waals surface area contributed by atoms with E-state index in [0.29, 0.717) is 6.42 Å². The summed E-state index contributed by atoms with van der Waals surface area (Å²) in [6.07, 6.45) is 7.06. The summed E-state index contributed by atoms with van der Waals surface area (Å²) in [7, 11) is 0. The first kappa shape index (κ1) is 12.2. The lowest BCUT2D eigenvalue weighted by Gasteiger charge is -2.07. The Balaban J connectivity index is 2.44. The lowest BCUT2D eigenvalue weighted by atomic mass is 10.0. The molecule has 0 radical (unpaired) electrons. The van der Waals surface area contributed by atoms with Crippen molar-refractivity contribution in [2.24, 2.45) is 0 Å². The van der Waals surface area contributed by atoms with Gasteiger partial charge in [-0.15, -0.1) is 13.2 Å². The summed E-state index contributed by atoms with van der Waals surface area (Å²) in [5, 5.41) is 0. The Hall–Kier alpha value is -2.22. The normalized spacial score (nSPS) is 10.0. The average molecular weight is 236 g/mol. The zero-order valence-electron chi connectivity index (χ0n) is 10.3. The summed E-state index contributed by atoms with van der Waals surface area (Å²) < 4.78 is 0. The first-order chi connectivity index (χ1) is 8.85. The lowest BCUT2D eigenvalue weighted by molar-refractivity contribution is 0.993. The van der Waals surface area contributed by atoms with Crippen LogP contribution in [0.2, 0.25) is 0 Å². The summed E-state index contributed by atoms with van der Waals surface area (Å²) in [5.41, 5.74) is 3.33. The van der Waals surface area contributed by atoms with E-state index in [-0.39, 0.29) is 0 Å². The molecule has 0 spiro atoms. The molecule has 0 bridgehead atoms. The Morgan fingerprint density at radius 1 is 1.00 bits per heavy atom. The van der Waals surface area contributed by atoms with Crippen LogP contribution in [0.4, 0.5) is 0 Å². The van der Waals surface area contributed by atoms with Gasteiger partial charge < -0.3 is 0 Å². The number of rotatable bonds is 5. The minimum atomic E-state index is 0.692. The molecule has 0 fully saturated rings. The van der Waals surface area contributed by atoms with Gasteiger partial charge in [0.1, 0.15) is 5.82 Å². The zero-order valence-corrected chi connectivity index (χ0v) is 10.3. The molecule has 1 heterocycles. The molecule has 2 nitrogen and oxygen atoms in total. The van der Waals surface area contributed by atoms with Crippen molar-refractivity contribution in [1.29, 1.82) is 0 Å². The van der Waals surface area contributed by atoms with E-state index in [1.165, 1.54) is 5.56 Å². The van der Waals surface area contributed by atoms with E-state index in [1.54, 1.807) is 6.20 Å². The molecule has 2 rings (SSSR count). The third-order valence-electron chi connectivity index (χ3n) is 2.69. The van der Waals surface area contributed by atoms with Crippen molar-refractivity contribution < 1.29 is 0 Å². The number of benzene rings is 1. The van der Waals surface area contributed by atoms with Crippen LogP contribution >= 0.6 is 0 Å². The van der Waals surface area contributed by atoms with Gasteiger partial charge in [0.25, 0.3) is 0 Å². The van der Waals surface area contributed by atoms with Crippen LogP contribution in [0.3, 0.4) is 0 Å². The molecule has 0 N–H and O–H groups in total. The molecule has 1 aromatic carbocycles. The second kappa shape index (κ2) is 5.92. The van der Waals surface area contributed by atoms with Crippen molar-refractivity contribution in [1.82, 2.24) is 9.97 Å². The van der Waals surface area contributed by atoms with Crippen LogP contribution in [0.25, 0.3) is 11.3 Å². The Labute approximate surface area is 108 Å². The van der Waals surface area contributed by atoms with Crippen LogP contribution < -0.4 is 0 Å². The smallest absolute Gasteiger partial charge is 0.132 e. The minimum Gasteiger partial charge on any atom is -0.241 e. The zero-order chi connectivity index (χ0) is 12.8. The molecular weight excluding hydrogens is 220 g/mol.